The molecule has 0 saturated carbocycles. The molecule has 182 valence electrons. The van der Waals surface area contributed by atoms with Crippen LogP contribution in [0.5, 0.6) is 0 Å². The summed E-state index contributed by atoms with van der Waals surface area (Å²) in [4.78, 5) is 19.4. The van der Waals surface area contributed by atoms with Gasteiger partial charge >= 0.3 is 0 Å². The molecule has 2 heterocycles. The van der Waals surface area contributed by atoms with E-state index in [0.29, 0.717) is 30.6 Å². The average Bonchev–Trinajstić information content (AvgIpc) is 2.99. The lowest BCUT2D eigenvalue weighted by Gasteiger charge is -2.39. The van der Waals surface area contributed by atoms with Gasteiger partial charge in [0.25, 0.3) is 5.91 Å². The summed E-state index contributed by atoms with van der Waals surface area (Å²) in [6.07, 6.45) is 0.482. The molecule has 6 nitrogen and oxygen atoms in total. The Balaban J connectivity index is 1.80. The van der Waals surface area contributed by atoms with Gasteiger partial charge in [-0.05, 0) is 80.5 Å². The van der Waals surface area contributed by atoms with E-state index in [1.165, 1.54) is 11.9 Å². The molecule has 0 radical (unpaired) electrons. The third-order valence-electron chi connectivity index (χ3n) is 7.01. The fourth-order valence-electron chi connectivity index (χ4n) is 5.15. The molecule has 34 heavy (non-hydrogen) atoms. The molecule has 1 amide bonds. The SMILES string of the molecule is Cc1ccc(-c2cc(F)ccc2F)cc1C1(CC(O)C2CCOC(C)(C)C2)N=C(N)N(C)C1=O. The number of likely N-dealkylation sites (N-methyl/N-ethyl adjacent to an activating group) is 1. The van der Waals surface area contributed by atoms with E-state index in [1.54, 1.807) is 18.2 Å². The van der Waals surface area contributed by atoms with Gasteiger partial charge in [0, 0.05) is 25.6 Å². The minimum atomic E-state index is -1.47. The minimum absolute atomic E-state index is 0.0214. The largest absolute Gasteiger partial charge is 0.393 e. The van der Waals surface area contributed by atoms with Crippen molar-refractivity contribution in [1.29, 1.82) is 0 Å². The number of aliphatic hydroxyl groups is 1. The van der Waals surface area contributed by atoms with Crippen molar-refractivity contribution in [3.8, 4) is 11.1 Å². The van der Waals surface area contributed by atoms with Gasteiger partial charge in [-0.1, -0.05) is 12.1 Å². The first kappa shape index (κ1) is 24.3. The third kappa shape index (κ3) is 4.32. The lowest BCUT2D eigenvalue weighted by atomic mass is 9.75. The molecule has 2 aromatic rings. The lowest BCUT2D eigenvalue weighted by molar-refractivity contribution is -0.133. The number of halogens is 2. The topological polar surface area (TPSA) is 88.2 Å². The van der Waals surface area contributed by atoms with E-state index in [0.717, 1.165) is 23.8 Å². The van der Waals surface area contributed by atoms with E-state index in [1.807, 2.05) is 20.8 Å². The van der Waals surface area contributed by atoms with Crippen LogP contribution in [-0.4, -0.2) is 47.2 Å². The molecular weight excluding hydrogens is 440 g/mol. The fraction of sp³-hybridized carbons (Fsp3) is 0.462. The van der Waals surface area contributed by atoms with Crippen molar-refractivity contribution in [3.05, 3.63) is 59.2 Å². The third-order valence-corrected chi connectivity index (χ3v) is 7.01. The smallest absolute Gasteiger partial charge is 0.261 e. The van der Waals surface area contributed by atoms with E-state index in [9.17, 15) is 18.7 Å². The van der Waals surface area contributed by atoms with Crippen molar-refractivity contribution in [3.63, 3.8) is 0 Å². The molecule has 1 fully saturated rings. The molecule has 0 aliphatic carbocycles. The Kier molecular flexibility index (Phi) is 6.25. The number of ether oxygens (including phenoxy) is 1. The second-order valence-corrected chi connectivity index (χ2v) is 9.98. The Morgan fingerprint density at radius 1 is 1.26 bits per heavy atom. The predicted octanol–water partition coefficient (Wildman–Crippen LogP) is 3.88. The fourth-order valence-corrected chi connectivity index (χ4v) is 5.15. The van der Waals surface area contributed by atoms with Crippen molar-refractivity contribution in [2.45, 2.75) is 57.3 Å². The van der Waals surface area contributed by atoms with Crippen LogP contribution in [0.4, 0.5) is 8.78 Å². The Morgan fingerprint density at radius 2 is 2.00 bits per heavy atom. The van der Waals surface area contributed by atoms with Crippen LogP contribution >= 0.6 is 0 Å². The summed E-state index contributed by atoms with van der Waals surface area (Å²) < 4.78 is 34.2. The van der Waals surface area contributed by atoms with Gasteiger partial charge in [0.15, 0.2) is 11.5 Å². The zero-order valence-corrected chi connectivity index (χ0v) is 19.9. The van der Waals surface area contributed by atoms with E-state index < -0.39 is 23.3 Å². The first-order valence-electron chi connectivity index (χ1n) is 11.5. The summed E-state index contributed by atoms with van der Waals surface area (Å²) in [6.45, 7) is 6.30. The maximum absolute atomic E-state index is 14.5. The normalized spacial score (nSPS) is 25.4. The van der Waals surface area contributed by atoms with Gasteiger partial charge in [-0.25, -0.2) is 13.8 Å². The van der Waals surface area contributed by atoms with Crippen LogP contribution < -0.4 is 5.73 Å². The van der Waals surface area contributed by atoms with Crippen LogP contribution in [-0.2, 0) is 15.1 Å². The summed E-state index contributed by atoms with van der Waals surface area (Å²) >= 11 is 0. The highest BCUT2D eigenvalue weighted by atomic mass is 19.1. The van der Waals surface area contributed by atoms with Crippen molar-refractivity contribution in [2.24, 2.45) is 16.6 Å². The molecule has 8 heteroatoms. The molecule has 2 aliphatic heterocycles. The minimum Gasteiger partial charge on any atom is -0.393 e. The maximum atomic E-state index is 14.5. The van der Waals surface area contributed by atoms with Gasteiger partial charge in [-0.2, -0.15) is 0 Å². The highest BCUT2D eigenvalue weighted by Crippen LogP contribution is 2.43. The number of benzene rings is 2. The van der Waals surface area contributed by atoms with Crippen molar-refractivity contribution in [2.75, 3.05) is 13.7 Å². The summed E-state index contributed by atoms with van der Waals surface area (Å²) in [7, 11) is 1.54. The van der Waals surface area contributed by atoms with Gasteiger partial charge in [-0.15, -0.1) is 0 Å². The van der Waals surface area contributed by atoms with E-state index in [4.69, 9.17) is 10.5 Å². The zero-order valence-electron chi connectivity index (χ0n) is 19.9. The number of rotatable bonds is 5. The second-order valence-electron chi connectivity index (χ2n) is 9.98. The maximum Gasteiger partial charge on any atom is 0.261 e. The van der Waals surface area contributed by atoms with E-state index in [2.05, 4.69) is 4.99 Å². The number of nitrogens with two attached hydrogens (primary N) is 1. The zero-order chi connectivity index (χ0) is 24.8. The van der Waals surface area contributed by atoms with Crippen LogP contribution in [0, 0.1) is 24.5 Å². The van der Waals surface area contributed by atoms with Crippen LogP contribution in [0.15, 0.2) is 41.4 Å². The Labute approximate surface area is 198 Å². The summed E-state index contributed by atoms with van der Waals surface area (Å²) in [5.74, 6) is -1.54. The predicted molar refractivity (Wildman–Crippen MR) is 126 cm³/mol. The number of aliphatic hydroxyl groups excluding tert-OH is 1. The molecule has 1 saturated heterocycles. The average molecular weight is 472 g/mol. The highest BCUT2D eigenvalue weighted by molar-refractivity contribution is 6.07. The first-order valence-corrected chi connectivity index (χ1v) is 11.5. The number of amides is 1. The first-order chi connectivity index (χ1) is 15.9. The van der Waals surface area contributed by atoms with Gasteiger partial charge in [0.1, 0.15) is 11.6 Å². The molecule has 2 aromatic carbocycles. The lowest BCUT2D eigenvalue weighted by Crippen LogP contribution is -2.45. The molecular formula is C26H31F2N3O3. The number of guanidine groups is 1. The van der Waals surface area contributed by atoms with Gasteiger partial charge in [0.2, 0.25) is 0 Å². The summed E-state index contributed by atoms with van der Waals surface area (Å²) in [5, 5.41) is 11.3. The molecule has 3 atom stereocenters. The molecule has 3 N–H and O–H groups in total. The van der Waals surface area contributed by atoms with E-state index in [-0.39, 0.29) is 35.4 Å². The van der Waals surface area contributed by atoms with Crippen molar-refractivity contribution >= 4 is 11.9 Å². The number of carbonyl (C=O) groups excluding carboxylic acids is 1. The van der Waals surface area contributed by atoms with Crippen LogP contribution in [0.25, 0.3) is 11.1 Å². The Bertz CT molecular complexity index is 1150. The second kappa shape index (κ2) is 8.74. The van der Waals surface area contributed by atoms with Gasteiger partial charge in [-0.3, -0.25) is 9.69 Å². The van der Waals surface area contributed by atoms with Crippen molar-refractivity contribution in [1.82, 2.24) is 4.90 Å². The molecule has 0 bridgehead atoms. The van der Waals surface area contributed by atoms with Crippen LogP contribution in [0.1, 0.15) is 44.2 Å². The van der Waals surface area contributed by atoms with Gasteiger partial charge in [0.05, 0.1) is 11.7 Å². The van der Waals surface area contributed by atoms with Crippen LogP contribution in [0.2, 0.25) is 0 Å². The summed E-state index contributed by atoms with van der Waals surface area (Å²) in [5.41, 5.74) is 5.96. The van der Waals surface area contributed by atoms with Crippen molar-refractivity contribution < 1.29 is 23.4 Å². The number of aryl methyl sites for hydroxylation is 1. The van der Waals surface area contributed by atoms with E-state index >= 15 is 0 Å². The molecule has 3 unspecified atom stereocenters. The number of aliphatic imine (C=N–C) groups is 1. The highest BCUT2D eigenvalue weighted by Gasteiger charge is 2.51. The number of nitrogens with zero attached hydrogens (tertiary/aromatic N) is 2. The standard InChI is InChI=1S/C26H31F2N3O3/c1-15-5-6-16(19-12-18(27)7-8-21(19)28)11-20(15)26(23(33)31(4)24(29)30-26)14-22(32)17-9-10-34-25(2,3)13-17/h5-8,11-12,17,22,32H,9-10,13-14H2,1-4H3,(H2,29,30). The van der Waals surface area contributed by atoms with Gasteiger partial charge < -0.3 is 15.6 Å². The molecule has 2 aliphatic rings. The number of carbonyl (C=O) groups is 1. The quantitative estimate of drug-likeness (QED) is 0.693. The molecule has 0 aromatic heterocycles. The number of hydrogen-bond acceptors (Lipinski definition) is 5. The Morgan fingerprint density at radius 3 is 2.65 bits per heavy atom. The monoisotopic (exact) mass is 471 g/mol. The van der Waals surface area contributed by atoms with Crippen LogP contribution in [0.3, 0.4) is 0 Å². The number of hydrogen-bond donors (Lipinski definition) is 2. The summed E-state index contributed by atoms with van der Waals surface area (Å²) in [6, 6.07) is 8.33. The molecule has 4 rings (SSSR count). The molecule has 0 spiro atoms. The Hall–Kier alpha value is -2.84.